The topological polar surface area (TPSA) is 76.1 Å². The molecule has 1 saturated heterocycles. The molecule has 2 fully saturated rings. The molecule has 1 N–H and O–H groups in total. The molecule has 3 rings (SSSR count). The quantitative estimate of drug-likeness (QED) is 0.362. The molecular formula is C18H25NO5. The smallest absolute Gasteiger partial charge is 0.234 e. The molecule has 1 saturated carbocycles. The summed E-state index contributed by atoms with van der Waals surface area (Å²) in [6.07, 6.45) is 7.34. The van der Waals surface area contributed by atoms with Gasteiger partial charge in [-0.25, -0.2) is 0 Å². The van der Waals surface area contributed by atoms with Gasteiger partial charge in [-0.05, 0) is 24.7 Å². The van der Waals surface area contributed by atoms with Crippen LogP contribution >= 0.6 is 0 Å². The molecular weight excluding hydrogens is 310 g/mol. The first-order valence-electron chi connectivity index (χ1n) is 8.63. The molecule has 5 unspecified atom stereocenters. The van der Waals surface area contributed by atoms with Gasteiger partial charge in [0.25, 0.3) is 0 Å². The summed E-state index contributed by atoms with van der Waals surface area (Å²) in [6, 6.07) is -0.312. The van der Waals surface area contributed by atoms with Gasteiger partial charge in [-0.2, -0.15) is 0 Å². The maximum absolute atomic E-state index is 12.7. The minimum absolute atomic E-state index is 0.00308. The van der Waals surface area contributed by atoms with Crippen LogP contribution in [0, 0.1) is 23.7 Å². The fraction of sp³-hybridized carbons (Fsp3) is 0.667. The Bertz CT molecular complexity index is 502. The number of hydrogen-bond donors (Lipinski definition) is 1. The number of amides is 2. The van der Waals surface area contributed by atoms with Crippen LogP contribution in [-0.4, -0.2) is 60.9 Å². The molecule has 0 spiro atoms. The zero-order chi connectivity index (χ0) is 17.1. The van der Waals surface area contributed by atoms with Gasteiger partial charge in [0.1, 0.15) is 0 Å². The molecule has 5 atom stereocenters. The van der Waals surface area contributed by atoms with E-state index in [1.807, 2.05) is 0 Å². The largest absolute Gasteiger partial charge is 0.394 e. The third kappa shape index (κ3) is 3.06. The van der Waals surface area contributed by atoms with Crippen LogP contribution < -0.4 is 0 Å². The van der Waals surface area contributed by atoms with E-state index in [-0.39, 0.29) is 48.1 Å². The number of hydrogen-bond acceptors (Lipinski definition) is 5. The highest BCUT2D eigenvalue weighted by Gasteiger charge is 2.60. The first-order chi connectivity index (χ1) is 11.7. The van der Waals surface area contributed by atoms with Gasteiger partial charge in [0.2, 0.25) is 11.8 Å². The summed E-state index contributed by atoms with van der Waals surface area (Å²) >= 11 is 0. The molecule has 1 aliphatic heterocycles. The van der Waals surface area contributed by atoms with Crippen molar-refractivity contribution in [2.75, 3.05) is 33.0 Å². The molecule has 132 valence electrons. The SMILES string of the molecule is C=CC(CCOCCOCCO)N1C(=O)C2C3C=CC(C3)C2C1=O. The van der Waals surface area contributed by atoms with Crippen LogP contribution in [0.2, 0.25) is 0 Å². The molecule has 0 radical (unpaired) electrons. The van der Waals surface area contributed by atoms with Crippen molar-refractivity contribution < 1.29 is 24.2 Å². The summed E-state index contributed by atoms with van der Waals surface area (Å²) < 4.78 is 10.6. The lowest BCUT2D eigenvalue weighted by Gasteiger charge is -2.25. The second-order valence-electron chi connectivity index (χ2n) is 6.59. The highest BCUT2D eigenvalue weighted by Crippen LogP contribution is 2.52. The van der Waals surface area contributed by atoms with E-state index >= 15 is 0 Å². The van der Waals surface area contributed by atoms with Crippen LogP contribution in [0.1, 0.15) is 12.8 Å². The third-order valence-electron chi connectivity index (χ3n) is 5.27. The van der Waals surface area contributed by atoms with Crippen molar-refractivity contribution in [3.63, 3.8) is 0 Å². The van der Waals surface area contributed by atoms with Crippen LogP contribution in [0.4, 0.5) is 0 Å². The van der Waals surface area contributed by atoms with Crippen LogP contribution in [0.25, 0.3) is 0 Å². The lowest BCUT2D eigenvalue weighted by molar-refractivity contribution is -0.142. The number of nitrogens with zero attached hydrogens (tertiary/aromatic N) is 1. The summed E-state index contributed by atoms with van der Waals surface area (Å²) in [6.45, 7) is 5.35. The highest BCUT2D eigenvalue weighted by atomic mass is 16.5. The predicted molar refractivity (Wildman–Crippen MR) is 86.9 cm³/mol. The summed E-state index contributed by atoms with van der Waals surface area (Å²) in [4.78, 5) is 26.9. The molecule has 2 amide bonds. The molecule has 2 aliphatic carbocycles. The maximum atomic E-state index is 12.7. The Morgan fingerprint density at radius 3 is 2.25 bits per heavy atom. The molecule has 2 bridgehead atoms. The van der Waals surface area contributed by atoms with Gasteiger partial charge in [0.15, 0.2) is 0 Å². The van der Waals surface area contributed by atoms with Crippen molar-refractivity contribution in [2.24, 2.45) is 23.7 Å². The minimum Gasteiger partial charge on any atom is -0.394 e. The fourth-order valence-corrected chi connectivity index (χ4v) is 4.20. The van der Waals surface area contributed by atoms with Crippen LogP contribution in [0.15, 0.2) is 24.8 Å². The lowest BCUT2D eigenvalue weighted by atomic mass is 9.85. The number of imide groups is 1. The number of rotatable bonds is 10. The Hall–Kier alpha value is -1.50. The summed E-state index contributed by atoms with van der Waals surface area (Å²) in [5.74, 6) is 0.0419. The van der Waals surface area contributed by atoms with Crippen molar-refractivity contribution in [1.82, 2.24) is 4.90 Å². The molecule has 6 heteroatoms. The maximum Gasteiger partial charge on any atom is 0.234 e. The van der Waals surface area contributed by atoms with Crippen molar-refractivity contribution >= 4 is 11.8 Å². The van der Waals surface area contributed by atoms with Crippen LogP contribution in [-0.2, 0) is 19.1 Å². The van der Waals surface area contributed by atoms with Crippen molar-refractivity contribution in [3.8, 4) is 0 Å². The third-order valence-corrected chi connectivity index (χ3v) is 5.27. The Kier molecular flexibility index (Phi) is 5.48. The monoisotopic (exact) mass is 335 g/mol. The van der Waals surface area contributed by atoms with E-state index in [9.17, 15) is 9.59 Å². The Morgan fingerprint density at radius 1 is 1.12 bits per heavy atom. The second kappa shape index (κ2) is 7.59. The molecule has 24 heavy (non-hydrogen) atoms. The molecule has 3 aliphatic rings. The molecule has 1 heterocycles. The number of likely N-dealkylation sites (tertiary alicyclic amines) is 1. The lowest BCUT2D eigenvalue weighted by Crippen LogP contribution is -2.41. The van der Waals surface area contributed by atoms with E-state index in [1.165, 1.54) is 4.90 Å². The number of aliphatic hydroxyl groups excluding tert-OH is 1. The van der Waals surface area contributed by atoms with Gasteiger partial charge >= 0.3 is 0 Å². The Morgan fingerprint density at radius 2 is 1.71 bits per heavy atom. The normalized spacial score (nSPS) is 31.8. The van der Waals surface area contributed by atoms with Gasteiger partial charge in [-0.1, -0.05) is 18.2 Å². The summed E-state index contributed by atoms with van der Waals surface area (Å²) in [5.41, 5.74) is 0. The average Bonchev–Trinajstić information content (AvgIpc) is 3.26. The van der Waals surface area contributed by atoms with Gasteiger partial charge in [-0.15, -0.1) is 6.58 Å². The Labute approximate surface area is 142 Å². The zero-order valence-electron chi connectivity index (χ0n) is 13.8. The first-order valence-corrected chi connectivity index (χ1v) is 8.63. The van der Waals surface area contributed by atoms with Gasteiger partial charge in [0.05, 0.1) is 44.3 Å². The number of carbonyl (C=O) groups is 2. The van der Waals surface area contributed by atoms with Gasteiger partial charge in [0, 0.05) is 6.61 Å². The standard InChI is InChI=1S/C18H25NO5/c1-2-14(5-7-23-9-10-24-8-6-20)19-17(21)15-12-3-4-13(11-12)16(15)18(19)22/h2-4,12-16,20H,1,5-11H2. The van der Waals surface area contributed by atoms with Crippen LogP contribution in [0.5, 0.6) is 0 Å². The predicted octanol–water partition coefficient (Wildman–Crippen LogP) is 0.764. The Balaban J connectivity index is 1.50. The summed E-state index contributed by atoms with van der Waals surface area (Å²) in [5, 5.41) is 8.60. The number of carbonyl (C=O) groups excluding carboxylic acids is 2. The van der Waals surface area contributed by atoms with E-state index in [1.54, 1.807) is 6.08 Å². The highest BCUT2D eigenvalue weighted by molar-refractivity contribution is 6.06. The van der Waals surface area contributed by atoms with Gasteiger partial charge in [-0.3, -0.25) is 14.5 Å². The van der Waals surface area contributed by atoms with E-state index in [0.29, 0.717) is 32.8 Å². The number of allylic oxidation sites excluding steroid dienone is 2. The summed E-state index contributed by atoms with van der Waals surface area (Å²) in [7, 11) is 0. The van der Waals surface area contributed by atoms with Crippen molar-refractivity contribution in [1.29, 1.82) is 0 Å². The molecule has 0 aromatic carbocycles. The van der Waals surface area contributed by atoms with Crippen molar-refractivity contribution in [3.05, 3.63) is 24.8 Å². The molecule has 0 aromatic heterocycles. The van der Waals surface area contributed by atoms with Crippen molar-refractivity contribution in [2.45, 2.75) is 18.9 Å². The van der Waals surface area contributed by atoms with E-state index in [2.05, 4.69) is 18.7 Å². The minimum atomic E-state index is -0.312. The van der Waals surface area contributed by atoms with E-state index < -0.39 is 0 Å². The zero-order valence-corrected chi connectivity index (χ0v) is 13.8. The number of aliphatic hydroxyl groups is 1. The van der Waals surface area contributed by atoms with E-state index in [0.717, 1.165) is 6.42 Å². The molecule has 0 aromatic rings. The van der Waals surface area contributed by atoms with Crippen LogP contribution in [0.3, 0.4) is 0 Å². The van der Waals surface area contributed by atoms with E-state index in [4.69, 9.17) is 14.6 Å². The number of fused-ring (bicyclic) bond motifs is 5. The number of ether oxygens (including phenoxy) is 2. The average molecular weight is 335 g/mol. The first kappa shape index (κ1) is 17.3. The van der Waals surface area contributed by atoms with Gasteiger partial charge < -0.3 is 14.6 Å². The second-order valence-corrected chi connectivity index (χ2v) is 6.59. The molecule has 6 nitrogen and oxygen atoms in total. The fourth-order valence-electron chi connectivity index (χ4n) is 4.20.